The lowest BCUT2D eigenvalue weighted by molar-refractivity contribution is 0.0505. The van der Waals surface area contributed by atoms with Crippen LogP contribution in [0.5, 0.6) is 5.75 Å². The summed E-state index contributed by atoms with van der Waals surface area (Å²) in [6, 6.07) is 11.8. The first-order chi connectivity index (χ1) is 14.1. The lowest BCUT2D eigenvalue weighted by Crippen LogP contribution is -2.16. The number of amides is 1. The fourth-order valence-electron chi connectivity index (χ4n) is 2.89. The molecule has 154 valence electrons. The average Bonchev–Trinajstić information content (AvgIpc) is 3.25. The summed E-state index contributed by atoms with van der Waals surface area (Å²) >= 11 is 3.46. The predicted octanol–water partition coefficient (Wildman–Crippen LogP) is 4.83. The van der Waals surface area contributed by atoms with Gasteiger partial charge in [0.2, 0.25) is 0 Å². The Morgan fingerprint density at radius 1 is 1.17 bits per heavy atom. The highest BCUT2D eigenvalue weighted by atomic mass is 79.9. The number of rotatable bonds is 8. The summed E-state index contributed by atoms with van der Waals surface area (Å²) in [5.41, 5.74) is 1.54. The Balaban J connectivity index is 1.57. The van der Waals surface area contributed by atoms with E-state index < -0.39 is 0 Å². The van der Waals surface area contributed by atoms with Gasteiger partial charge in [-0.05, 0) is 77.7 Å². The van der Waals surface area contributed by atoms with Crippen LogP contribution in [0.4, 0.5) is 5.69 Å². The van der Waals surface area contributed by atoms with Gasteiger partial charge in [0.1, 0.15) is 12.4 Å². The molecule has 0 aromatic heterocycles. The largest absolute Gasteiger partial charge is 0.490 e. The molecule has 7 heteroatoms. The summed E-state index contributed by atoms with van der Waals surface area (Å²) in [6.07, 6.45) is 2.97. The minimum atomic E-state index is -0.368. The van der Waals surface area contributed by atoms with Crippen LogP contribution in [-0.2, 0) is 9.47 Å². The number of carbonyl (C=O) groups is 2. The van der Waals surface area contributed by atoms with Crippen LogP contribution in [0, 0.1) is 0 Å². The molecule has 0 spiro atoms. The minimum Gasteiger partial charge on any atom is -0.490 e. The normalized spacial score (nSPS) is 15.7. The van der Waals surface area contributed by atoms with Crippen LogP contribution in [-0.4, -0.2) is 37.8 Å². The Morgan fingerprint density at radius 2 is 1.93 bits per heavy atom. The molecule has 1 aliphatic rings. The van der Waals surface area contributed by atoms with Crippen molar-refractivity contribution in [3.8, 4) is 5.75 Å². The molecule has 2 aromatic rings. The number of nitrogens with one attached hydrogen (secondary N) is 1. The molecule has 1 saturated heterocycles. The maximum atomic E-state index is 12.5. The number of esters is 1. The van der Waals surface area contributed by atoms with E-state index in [1.807, 2.05) is 6.92 Å². The van der Waals surface area contributed by atoms with Crippen molar-refractivity contribution in [1.29, 1.82) is 0 Å². The summed E-state index contributed by atoms with van der Waals surface area (Å²) in [7, 11) is 0. The number of ether oxygens (including phenoxy) is 3. The Hall–Kier alpha value is -2.38. The van der Waals surface area contributed by atoms with Gasteiger partial charge in [-0.25, -0.2) is 4.79 Å². The first kappa shape index (κ1) is 21.3. The van der Waals surface area contributed by atoms with E-state index in [9.17, 15) is 9.59 Å². The molecule has 29 heavy (non-hydrogen) atoms. The van der Waals surface area contributed by atoms with Gasteiger partial charge in [-0.15, -0.1) is 0 Å². The lowest BCUT2D eigenvalue weighted by atomic mass is 10.1. The number of hydrogen-bond donors (Lipinski definition) is 1. The second-order valence-electron chi connectivity index (χ2n) is 6.76. The van der Waals surface area contributed by atoms with Crippen LogP contribution in [0.1, 0.15) is 46.9 Å². The molecular weight excluding hydrogens is 438 g/mol. The summed E-state index contributed by atoms with van der Waals surface area (Å²) in [5.74, 6) is 0.0527. The first-order valence-electron chi connectivity index (χ1n) is 9.69. The molecule has 1 atom stereocenters. The second-order valence-corrected chi connectivity index (χ2v) is 7.61. The standard InChI is InChI=1S/C22H24BrNO5/c1-2-11-28-22(26)15-5-8-17(9-6-15)24-21(25)16-7-10-20(19(23)13-16)29-14-18-4-3-12-27-18/h5-10,13,18H,2-4,11-12,14H2,1H3,(H,24,25). The molecule has 1 heterocycles. The van der Waals surface area contributed by atoms with Gasteiger partial charge in [-0.2, -0.15) is 0 Å². The molecule has 0 bridgehead atoms. The number of benzene rings is 2. The Kier molecular flexibility index (Phi) is 7.66. The van der Waals surface area contributed by atoms with Crippen LogP contribution in [0.2, 0.25) is 0 Å². The molecular formula is C22H24BrNO5. The highest BCUT2D eigenvalue weighted by molar-refractivity contribution is 9.10. The zero-order valence-electron chi connectivity index (χ0n) is 16.3. The number of anilines is 1. The zero-order valence-corrected chi connectivity index (χ0v) is 17.9. The van der Waals surface area contributed by atoms with Gasteiger partial charge in [0, 0.05) is 17.9 Å². The van der Waals surface area contributed by atoms with Crippen molar-refractivity contribution in [3.63, 3.8) is 0 Å². The van der Waals surface area contributed by atoms with Crippen LogP contribution >= 0.6 is 15.9 Å². The van der Waals surface area contributed by atoms with Gasteiger partial charge in [-0.1, -0.05) is 6.92 Å². The maximum Gasteiger partial charge on any atom is 0.338 e. The minimum absolute atomic E-state index is 0.132. The number of carbonyl (C=O) groups excluding carboxylic acids is 2. The van der Waals surface area contributed by atoms with Crippen LogP contribution in [0.3, 0.4) is 0 Å². The average molecular weight is 462 g/mol. The van der Waals surface area contributed by atoms with E-state index in [1.54, 1.807) is 42.5 Å². The molecule has 0 aliphatic carbocycles. The molecule has 3 rings (SSSR count). The van der Waals surface area contributed by atoms with Crippen LogP contribution < -0.4 is 10.1 Å². The third-order valence-corrected chi connectivity index (χ3v) is 5.08. The lowest BCUT2D eigenvalue weighted by Gasteiger charge is -2.13. The fraction of sp³-hybridized carbons (Fsp3) is 0.364. The fourth-order valence-corrected chi connectivity index (χ4v) is 3.38. The van der Waals surface area contributed by atoms with Crippen molar-refractivity contribution >= 4 is 33.5 Å². The highest BCUT2D eigenvalue weighted by Gasteiger charge is 2.17. The van der Waals surface area contributed by atoms with Crippen molar-refractivity contribution in [2.24, 2.45) is 0 Å². The molecule has 1 unspecified atom stereocenters. The van der Waals surface area contributed by atoms with E-state index in [0.717, 1.165) is 25.9 Å². The topological polar surface area (TPSA) is 73.9 Å². The van der Waals surface area contributed by atoms with E-state index in [0.29, 0.717) is 40.3 Å². The predicted molar refractivity (Wildman–Crippen MR) is 114 cm³/mol. The van der Waals surface area contributed by atoms with E-state index in [4.69, 9.17) is 14.2 Å². The van der Waals surface area contributed by atoms with Gasteiger partial charge in [-0.3, -0.25) is 4.79 Å². The molecule has 1 N–H and O–H groups in total. The first-order valence-corrected chi connectivity index (χ1v) is 10.5. The Labute approximate surface area is 178 Å². The monoisotopic (exact) mass is 461 g/mol. The van der Waals surface area contributed by atoms with Crippen molar-refractivity contribution in [2.45, 2.75) is 32.3 Å². The van der Waals surface area contributed by atoms with E-state index in [-0.39, 0.29) is 18.0 Å². The summed E-state index contributed by atoms with van der Waals surface area (Å²) in [4.78, 5) is 24.4. The van der Waals surface area contributed by atoms with Crippen LogP contribution in [0.15, 0.2) is 46.9 Å². The van der Waals surface area contributed by atoms with E-state index in [2.05, 4.69) is 21.2 Å². The Morgan fingerprint density at radius 3 is 2.59 bits per heavy atom. The smallest absolute Gasteiger partial charge is 0.338 e. The van der Waals surface area contributed by atoms with Crippen molar-refractivity contribution in [3.05, 3.63) is 58.1 Å². The zero-order chi connectivity index (χ0) is 20.6. The van der Waals surface area contributed by atoms with Gasteiger partial charge in [0.05, 0.1) is 22.7 Å². The third kappa shape index (κ3) is 6.05. The number of halogens is 1. The van der Waals surface area contributed by atoms with Gasteiger partial charge in [0.25, 0.3) is 5.91 Å². The third-order valence-electron chi connectivity index (χ3n) is 4.46. The van der Waals surface area contributed by atoms with E-state index >= 15 is 0 Å². The summed E-state index contributed by atoms with van der Waals surface area (Å²) in [6.45, 7) is 3.61. The molecule has 0 radical (unpaired) electrons. The van der Waals surface area contributed by atoms with Crippen LogP contribution in [0.25, 0.3) is 0 Å². The van der Waals surface area contributed by atoms with Gasteiger partial charge < -0.3 is 19.5 Å². The molecule has 1 amide bonds. The number of hydrogen-bond acceptors (Lipinski definition) is 5. The molecule has 2 aromatic carbocycles. The highest BCUT2D eigenvalue weighted by Crippen LogP contribution is 2.27. The van der Waals surface area contributed by atoms with E-state index in [1.165, 1.54) is 0 Å². The summed E-state index contributed by atoms with van der Waals surface area (Å²) in [5, 5.41) is 2.82. The summed E-state index contributed by atoms with van der Waals surface area (Å²) < 4.78 is 17.1. The molecule has 1 aliphatic heterocycles. The Bertz CT molecular complexity index is 847. The van der Waals surface area contributed by atoms with Crippen molar-refractivity contribution in [2.75, 3.05) is 25.1 Å². The van der Waals surface area contributed by atoms with Gasteiger partial charge in [0.15, 0.2) is 0 Å². The van der Waals surface area contributed by atoms with Crippen molar-refractivity contribution in [1.82, 2.24) is 0 Å². The SMILES string of the molecule is CCCOC(=O)c1ccc(NC(=O)c2ccc(OCC3CCCO3)c(Br)c2)cc1. The van der Waals surface area contributed by atoms with Gasteiger partial charge >= 0.3 is 5.97 Å². The molecule has 1 fully saturated rings. The van der Waals surface area contributed by atoms with Crippen molar-refractivity contribution < 1.29 is 23.8 Å². The second kappa shape index (κ2) is 10.4. The molecule has 0 saturated carbocycles. The maximum absolute atomic E-state index is 12.5. The quantitative estimate of drug-likeness (QED) is 0.570. The molecule has 6 nitrogen and oxygen atoms in total.